The number of hydrogen-bond donors (Lipinski definition) is 3. The van der Waals surface area contributed by atoms with Crippen LogP contribution in [0.3, 0.4) is 0 Å². The molecule has 1 fully saturated rings. The Hall–Kier alpha value is -2.37. The van der Waals surface area contributed by atoms with E-state index in [0.717, 1.165) is 40.9 Å². The Labute approximate surface area is 197 Å². The molecule has 0 saturated carbocycles. The molecule has 1 aliphatic heterocycles. The number of carbonyl (C=O) groups excluding carboxylic acids is 1. The third-order valence-electron chi connectivity index (χ3n) is 5.72. The lowest BCUT2D eigenvalue weighted by Gasteiger charge is -2.31. The van der Waals surface area contributed by atoms with Gasteiger partial charge in [0.2, 0.25) is 5.91 Å². The number of fused-ring (bicyclic) bond motifs is 1. The molecule has 1 aromatic carbocycles. The van der Waals surface area contributed by atoms with E-state index in [4.69, 9.17) is 20.2 Å². The van der Waals surface area contributed by atoms with Gasteiger partial charge in [0.05, 0.1) is 13.4 Å². The van der Waals surface area contributed by atoms with Crippen LogP contribution in [0.25, 0.3) is 11.2 Å². The molecular formula is C21H25BrN6O3S. The van der Waals surface area contributed by atoms with E-state index < -0.39 is 6.61 Å². The smallest absolute Gasteiger partial charge is 0.248 e. The first-order chi connectivity index (χ1) is 15.5. The van der Waals surface area contributed by atoms with Crippen LogP contribution >= 0.6 is 27.7 Å². The van der Waals surface area contributed by atoms with Crippen LogP contribution in [0.4, 0.5) is 0 Å². The average molecular weight is 521 g/mol. The molecule has 4 rings (SSSR count). The number of methoxy groups -OCH3 is 1. The molecule has 1 amide bonds. The minimum atomic E-state index is -0.421. The number of benzene rings is 1. The van der Waals surface area contributed by atoms with Gasteiger partial charge < -0.3 is 24.3 Å². The van der Waals surface area contributed by atoms with E-state index in [9.17, 15) is 4.79 Å². The van der Waals surface area contributed by atoms with Crippen LogP contribution < -0.4 is 10.2 Å². The number of hydrogen-bond acceptors (Lipinski definition) is 7. The van der Waals surface area contributed by atoms with Crippen molar-refractivity contribution in [2.45, 2.75) is 35.9 Å². The Bertz CT molecular complexity index is 1170. The second-order valence-corrected chi connectivity index (χ2v) is 9.58. The van der Waals surface area contributed by atoms with E-state index in [-0.39, 0.29) is 11.4 Å². The molecule has 2 aromatic heterocycles. The number of aliphatic hydroxyl groups is 1. The summed E-state index contributed by atoms with van der Waals surface area (Å²) < 4.78 is 8.24. The number of carbonyl (C=O) groups is 1. The number of nitrogens with zero attached hydrogens (tertiary/aromatic N) is 4. The zero-order valence-electron chi connectivity index (χ0n) is 17.7. The van der Waals surface area contributed by atoms with E-state index >= 15 is 0 Å². The molecule has 11 heteroatoms. The van der Waals surface area contributed by atoms with Crippen molar-refractivity contribution in [2.75, 3.05) is 26.8 Å². The summed E-state index contributed by atoms with van der Waals surface area (Å²) in [5, 5.41) is 17.9. The molecule has 32 heavy (non-hydrogen) atoms. The van der Waals surface area contributed by atoms with E-state index in [0.29, 0.717) is 35.3 Å². The quantitative estimate of drug-likeness (QED) is 0.440. The van der Waals surface area contributed by atoms with Crippen LogP contribution in [0.2, 0.25) is 0 Å². The molecule has 3 N–H and O–H groups in total. The summed E-state index contributed by atoms with van der Waals surface area (Å²) in [5.74, 6) is 1.06. The number of rotatable bonds is 7. The lowest BCUT2D eigenvalue weighted by atomic mass is 9.93. The first-order valence-electron chi connectivity index (χ1n) is 10.4. The van der Waals surface area contributed by atoms with Crippen molar-refractivity contribution in [1.29, 1.82) is 5.41 Å². The fourth-order valence-corrected chi connectivity index (χ4v) is 5.18. The van der Waals surface area contributed by atoms with Gasteiger partial charge in [-0.05, 0) is 59.3 Å². The summed E-state index contributed by atoms with van der Waals surface area (Å²) in [7, 11) is 1.63. The average Bonchev–Trinajstić information content (AvgIpc) is 3.24. The first kappa shape index (κ1) is 22.8. The van der Waals surface area contributed by atoms with Crippen LogP contribution in [0.1, 0.15) is 19.3 Å². The molecular weight excluding hydrogens is 496 g/mol. The number of amides is 1. The lowest BCUT2D eigenvalue weighted by Crippen LogP contribution is -2.40. The minimum Gasteiger partial charge on any atom is -0.497 e. The number of ether oxygens (including phenoxy) is 1. The van der Waals surface area contributed by atoms with E-state index in [2.05, 4.69) is 25.9 Å². The molecule has 9 nitrogen and oxygen atoms in total. The van der Waals surface area contributed by atoms with E-state index in [1.54, 1.807) is 18.3 Å². The van der Waals surface area contributed by atoms with Gasteiger partial charge in [-0.1, -0.05) is 11.8 Å². The number of aromatic amines is 1. The molecule has 0 bridgehead atoms. The number of likely N-dealkylation sites (tertiary alicyclic amines) is 1. The lowest BCUT2D eigenvalue weighted by molar-refractivity contribution is -0.135. The van der Waals surface area contributed by atoms with Gasteiger partial charge in [0, 0.05) is 29.0 Å². The second kappa shape index (κ2) is 10.1. The van der Waals surface area contributed by atoms with Gasteiger partial charge in [-0.2, -0.15) is 0 Å². The van der Waals surface area contributed by atoms with Crippen LogP contribution in [0, 0.1) is 11.3 Å². The molecule has 0 radical (unpaired) electrons. The Morgan fingerprint density at radius 1 is 1.41 bits per heavy atom. The van der Waals surface area contributed by atoms with Gasteiger partial charge in [0.1, 0.15) is 17.9 Å². The van der Waals surface area contributed by atoms with Gasteiger partial charge in [0.25, 0.3) is 0 Å². The summed E-state index contributed by atoms with van der Waals surface area (Å²) in [6, 6.07) is 5.75. The summed E-state index contributed by atoms with van der Waals surface area (Å²) in [6.45, 7) is 1.69. The maximum Gasteiger partial charge on any atom is 0.248 e. The maximum absolute atomic E-state index is 11.6. The molecule has 1 aliphatic rings. The summed E-state index contributed by atoms with van der Waals surface area (Å²) in [6.07, 6.45) is 4.46. The van der Waals surface area contributed by atoms with Crippen LogP contribution in [-0.2, 0) is 11.3 Å². The number of nitrogens with one attached hydrogen (secondary N) is 2. The van der Waals surface area contributed by atoms with Crippen LogP contribution in [-0.4, -0.2) is 62.2 Å². The molecule has 3 aromatic rings. The topological polar surface area (TPSA) is 120 Å². The zero-order chi connectivity index (χ0) is 22.7. The van der Waals surface area contributed by atoms with Crippen LogP contribution in [0.5, 0.6) is 5.75 Å². The number of aryl methyl sites for hydroxylation is 1. The van der Waals surface area contributed by atoms with Crippen molar-refractivity contribution < 1.29 is 14.6 Å². The zero-order valence-corrected chi connectivity index (χ0v) is 20.1. The molecule has 0 spiro atoms. The Morgan fingerprint density at radius 2 is 2.19 bits per heavy atom. The highest BCUT2D eigenvalue weighted by Gasteiger charge is 2.22. The van der Waals surface area contributed by atoms with Gasteiger partial charge in [0.15, 0.2) is 16.3 Å². The van der Waals surface area contributed by atoms with E-state index in [1.807, 2.05) is 22.8 Å². The van der Waals surface area contributed by atoms with Crippen molar-refractivity contribution in [3.05, 3.63) is 34.5 Å². The first-order valence-corrected chi connectivity index (χ1v) is 12.0. The molecule has 170 valence electrons. The Kier molecular flexibility index (Phi) is 7.17. The van der Waals surface area contributed by atoms with Gasteiger partial charge in [-0.3, -0.25) is 10.2 Å². The monoisotopic (exact) mass is 520 g/mol. The number of imidazole rings is 1. The number of H-pyrrole nitrogens is 1. The van der Waals surface area contributed by atoms with Gasteiger partial charge in [-0.25, -0.2) is 9.97 Å². The number of piperidine rings is 1. The molecule has 1 saturated heterocycles. The predicted octanol–water partition coefficient (Wildman–Crippen LogP) is 2.78. The van der Waals surface area contributed by atoms with Crippen molar-refractivity contribution in [1.82, 2.24) is 24.4 Å². The minimum absolute atomic E-state index is 0.163. The Morgan fingerprint density at radius 3 is 2.91 bits per heavy atom. The van der Waals surface area contributed by atoms with Crippen molar-refractivity contribution in [2.24, 2.45) is 5.92 Å². The number of aliphatic hydroxyl groups excluding tert-OH is 1. The van der Waals surface area contributed by atoms with Crippen molar-refractivity contribution in [3.8, 4) is 5.75 Å². The molecule has 3 heterocycles. The van der Waals surface area contributed by atoms with Crippen molar-refractivity contribution >= 4 is 44.8 Å². The maximum atomic E-state index is 11.6. The highest BCUT2D eigenvalue weighted by atomic mass is 79.9. The third-order valence-corrected chi connectivity index (χ3v) is 7.62. The molecule has 0 aliphatic carbocycles. The summed E-state index contributed by atoms with van der Waals surface area (Å²) in [5.41, 5.74) is 1.48. The largest absolute Gasteiger partial charge is 0.497 e. The fraction of sp³-hybridized carbons (Fsp3) is 0.429. The number of aromatic nitrogens is 4. The number of halogens is 1. The third kappa shape index (κ3) is 5.00. The van der Waals surface area contributed by atoms with Gasteiger partial charge >= 0.3 is 0 Å². The molecule has 0 unspecified atom stereocenters. The summed E-state index contributed by atoms with van der Waals surface area (Å²) in [4.78, 5) is 26.5. The van der Waals surface area contributed by atoms with Gasteiger partial charge in [-0.15, -0.1) is 0 Å². The second-order valence-electron chi connectivity index (χ2n) is 7.70. The SMILES string of the molecule is COc1ccc(Br)c(Sc2nc3c([nH]2)c(=N)ncn3CCC2CCN(C(=O)CO)CC2)c1. The Balaban J connectivity index is 1.48. The normalized spacial score (nSPS) is 14.8. The predicted molar refractivity (Wildman–Crippen MR) is 124 cm³/mol. The standard InChI is InChI=1S/C21H25BrN6O3S/c1-31-14-2-3-15(22)16(10-14)32-21-25-18-19(23)24-12-28(20(18)26-21)9-6-13-4-7-27(8-5-13)17(30)11-29/h2-3,10,12-13,23,29H,4-9,11H2,1H3,(H,25,26). The van der Waals surface area contributed by atoms with E-state index in [1.165, 1.54) is 11.8 Å². The fourth-order valence-electron chi connectivity index (χ4n) is 3.86. The van der Waals surface area contributed by atoms with Crippen LogP contribution in [0.15, 0.2) is 39.1 Å². The molecule has 0 atom stereocenters. The highest BCUT2D eigenvalue weighted by molar-refractivity contribution is 9.10. The highest BCUT2D eigenvalue weighted by Crippen LogP contribution is 2.35. The van der Waals surface area contributed by atoms with Crippen molar-refractivity contribution in [3.63, 3.8) is 0 Å². The summed E-state index contributed by atoms with van der Waals surface area (Å²) >= 11 is 5.03.